The topological polar surface area (TPSA) is 32.7 Å². The summed E-state index contributed by atoms with van der Waals surface area (Å²) >= 11 is 0. The Labute approximate surface area is 122 Å². The number of aryl methyl sites for hydroxylation is 1. The third-order valence-corrected chi connectivity index (χ3v) is 4.33. The second kappa shape index (κ2) is 7.09. The van der Waals surface area contributed by atoms with Crippen LogP contribution in [0.4, 0.5) is 0 Å². The Morgan fingerprint density at radius 1 is 1.30 bits per heavy atom. The first-order valence-corrected chi connectivity index (χ1v) is 7.65. The maximum atomic E-state index is 10.1. The molecule has 3 heteroatoms. The molecule has 0 spiro atoms. The highest BCUT2D eigenvalue weighted by atomic mass is 16.5. The lowest BCUT2D eigenvalue weighted by atomic mass is 9.99. The highest BCUT2D eigenvalue weighted by molar-refractivity contribution is 5.38. The number of hydrogen-bond acceptors (Lipinski definition) is 3. The molecule has 0 bridgehead atoms. The van der Waals surface area contributed by atoms with Crippen LogP contribution < -0.4 is 4.74 Å². The van der Waals surface area contributed by atoms with E-state index in [4.69, 9.17) is 4.74 Å². The van der Waals surface area contributed by atoms with Crippen molar-refractivity contribution < 1.29 is 9.84 Å². The Balaban J connectivity index is 1.77. The average molecular weight is 277 g/mol. The van der Waals surface area contributed by atoms with E-state index in [9.17, 15) is 5.11 Å². The fourth-order valence-corrected chi connectivity index (χ4v) is 2.66. The summed E-state index contributed by atoms with van der Waals surface area (Å²) < 4.78 is 5.77. The summed E-state index contributed by atoms with van der Waals surface area (Å²) in [5.74, 6) is 1.71. The monoisotopic (exact) mass is 277 g/mol. The van der Waals surface area contributed by atoms with Crippen molar-refractivity contribution in [1.82, 2.24) is 4.90 Å². The van der Waals surface area contributed by atoms with Crippen molar-refractivity contribution in [3.63, 3.8) is 0 Å². The van der Waals surface area contributed by atoms with Crippen molar-refractivity contribution >= 4 is 0 Å². The van der Waals surface area contributed by atoms with Gasteiger partial charge in [0.1, 0.15) is 18.5 Å². The number of aliphatic hydroxyl groups excluding tert-OH is 1. The molecule has 3 nitrogen and oxygen atoms in total. The second-order valence-electron chi connectivity index (χ2n) is 6.15. The molecule has 0 unspecified atom stereocenters. The Bertz CT molecular complexity index is 425. The molecule has 1 aromatic carbocycles. The quantitative estimate of drug-likeness (QED) is 0.898. The average Bonchev–Trinajstić information content (AvgIpc) is 2.43. The van der Waals surface area contributed by atoms with E-state index >= 15 is 0 Å². The van der Waals surface area contributed by atoms with Crippen LogP contribution in [0.25, 0.3) is 0 Å². The van der Waals surface area contributed by atoms with E-state index in [1.807, 2.05) is 12.1 Å². The standard InChI is InChI=1S/C17H27NO2/c1-13-7-9-18(10-8-13)11-16(19)12-20-17-6-4-5-14(2)15(17)3/h4-6,13,16,19H,7-12H2,1-3H3/t16-/m0/s1. The molecule has 0 aromatic heterocycles. The first-order chi connectivity index (χ1) is 9.56. The molecule has 1 fully saturated rings. The van der Waals surface area contributed by atoms with Crippen LogP contribution in [0.3, 0.4) is 0 Å². The van der Waals surface area contributed by atoms with Gasteiger partial charge < -0.3 is 14.7 Å². The molecule has 0 aliphatic carbocycles. The summed E-state index contributed by atoms with van der Waals surface area (Å²) in [6.07, 6.45) is 2.07. The Kier molecular flexibility index (Phi) is 5.44. The lowest BCUT2D eigenvalue weighted by molar-refractivity contribution is 0.0561. The molecule has 0 saturated carbocycles. The summed E-state index contributed by atoms with van der Waals surface area (Å²) in [6.45, 7) is 9.73. The van der Waals surface area contributed by atoms with Crippen LogP contribution in [-0.4, -0.2) is 42.4 Å². The van der Waals surface area contributed by atoms with E-state index in [1.165, 1.54) is 18.4 Å². The van der Waals surface area contributed by atoms with Crippen molar-refractivity contribution in [3.8, 4) is 5.75 Å². The molecule has 1 aliphatic heterocycles. The fourth-order valence-electron chi connectivity index (χ4n) is 2.66. The molecule has 0 radical (unpaired) electrons. The summed E-state index contributed by atoms with van der Waals surface area (Å²) in [7, 11) is 0. The number of nitrogens with zero attached hydrogens (tertiary/aromatic N) is 1. The molecule has 1 saturated heterocycles. The fraction of sp³-hybridized carbons (Fsp3) is 0.647. The number of rotatable bonds is 5. The Morgan fingerprint density at radius 3 is 2.70 bits per heavy atom. The molecule has 112 valence electrons. The zero-order chi connectivity index (χ0) is 14.5. The highest BCUT2D eigenvalue weighted by Gasteiger charge is 2.18. The molecule has 20 heavy (non-hydrogen) atoms. The predicted octanol–water partition coefficient (Wildman–Crippen LogP) is 2.78. The third kappa shape index (κ3) is 4.22. The van der Waals surface area contributed by atoms with Crippen LogP contribution in [0.15, 0.2) is 18.2 Å². The number of ether oxygens (including phenoxy) is 1. The van der Waals surface area contributed by atoms with Gasteiger partial charge in [-0.3, -0.25) is 0 Å². The maximum Gasteiger partial charge on any atom is 0.122 e. The largest absolute Gasteiger partial charge is 0.491 e. The van der Waals surface area contributed by atoms with Gasteiger partial charge in [-0.15, -0.1) is 0 Å². The summed E-state index contributed by atoms with van der Waals surface area (Å²) in [5.41, 5.74) is 2.38. The lowest BCUT2D eigenvalue weighted by Crippen LogP contribution is -2.40. The smallest absolute Gasteiger partial charge is 0.122 e. The second-order valence-corrected chi connectivity index (χ2v) is 6.15. The van der Waals surface area contributed by atoms with E-state index < -0.39 is 6.10 Å². The van der Waals surface area contributed by atoms with Gasteiger partial charge in [0.15, 0.2) is 0 Å². The van der Waals surface area contributed by atoms with Gasteiger partial charge in [0.25, 0.3) is 0 Å². The lowest BCUT2D eigenvalue weighted by Gasteiger charge is -2.31. The van der Waals surface area contributed by atoms with Gasteiger partial charge in [-0.25, -0.2) is 0 Å². The van der Waals surface area contributed by atoms with Gasteiger partial charge in [-0.05, 0) is 62.9 Å². The van der Waals surface area contributed by atoms with Crippen molar-refractivity contribution in [3.05, 3.63) is 29.3 Å². The normalized spacial score (nSPS) is 19.0. The number of benzene rings is 1. The van der Waals surface area contributed by atoms with Crippen molar-refractivity contribution in [1.29, 1.82) is 0 Å². The zero-order valence-corrected chi connectivity index (χ0v) is 12.9. The van der Waals surface area contributed by atoms with Gasteiger partial charge in [0.05, 0.1) is 0 Å². The van der Waals surface area contributed by atoms with E-state index in [-0.39, 0.29) is 0 Å². The summed E-state index contributed by atoms with van der Waals surface area (Å²) in [6, 6.07) is 6.04. The van der Waals surface area contributed by atoms with E-state index in [2.05, 4.69) is 31.7 Å². The number of β-amino-alcohol motifs (C(OH)–C–C–N with tert-alkyl or cyclic N) is 1. The van der Waals surface area contributed by atoms with Gasteiger partial charge in [0, 0.05) is 6.54 Å². The first kappa shape index (κ1) is 15.3. The van der Waals surface area contributed by atoms with Crippen LogP contribution in [0.1, 0.15) is 30.9 Å². The van der Waals surface area contributed by atoms with Crippen molar-refractivity contribution in [2.75, 3.05) is 26.2 Å². The molecule has 1 N–H and O–H groups in total. The van der Waals surface area contributed by atoms with Crippen LogP contribution in [0.2, 0.25) is 0 Å². The molecule has 1 atom stereocenters. The Morgan fingerprint density at radius 2 is 2.00 bits per heavy atom. The molecular weight excluding hydrogens is 250 g/mol. The van der Waals surface area contributed by atoms with Gasteiger partial charge in [0.2, 0.25) is 0 Å². The van der Waals surface area contributed by atoms with Crippen LogP contribution in [0.5, 0.6) is 5.75 Å². The zero-order valence-electron chi connectivity index (χ0n) is 12.9. The third-order valence-electron chi connectivity index (χ3n) is 4.33. The van der Waals surface area contributed by atoms with E-state index in [0.717, 1.165) is 36.9 Å². The van der Waals surface area contributed by atoms with Crippen molar-refractivity contribution in [2.45, 2.75) is 39.7 Å². The SMILES string of the molecule is Cc1cccc(OC[C@@H](O)CN2CCC(C)CC2)c1C. The predicted molar refractivity (Wildman–Crippen MR) is 82.3 cm³/mol. The number of aliphatic hydroxyl groups is 1. The molecule has 1 aliphatic rings. The van der Waals surface area contributed by atoms with Crippen LogP contribution in [0, 0.1) is 19.8 Å². The van der Waals surface area contributed by atoms with Gasteiger partial charge in [-0.2, -0.15) is 0 Å². The minimum atomic E-state index is -0.414. The minimum absolute atomic E-state index is 0.371. The van der Waals surface area contributed by atoms with Gasteiger partial charge in [-0.1, -0.05) is 19.1 Å². The number of hydrogen-bond donors (Lipinski definition) is 1. The molecule has 1 aromatic rings. The number of piperidine rings is 1. The highest BCUT2D eigenvalue weighted by Crippen LogP contribution is 2.21. The number of likely N-dealkylation sites (tertiary alicyclic amines) is 1. The summed E-state index contributed by atoms with van der Waals surface area (Å²) in [4.78, 5) is 2.34. The van der Waals surface area contributed by atoms with Crippen LogP contribution in [-0.2, 0) is 0 Å². The molecule has 1 heterocycles. The van der Waals surface area contributed by atoms with Crippen molar-refractivity contribution in [2.24, 2.45) is 5.92 Å². The first-order valence-electron chi connectivity index (χ1n) is 7.65. The van der Waals surface area contributed by atoms with E-state index in [1.54, 1.807) is 0 Å². The minimum Gasteiger partial charge on any atom is -0.491 e. The van der Waals surface area contributed by atoms with E-state index in [0.29, 0.717) is 6.61 Å². The molecule has 2 rings (SSSR count). The maximum absolute atomic E-state index is 10.1. The molecule has 0 amide bonds. The van der Waals surface area contributed by atoms with Crippen LogP contribution >= 0.6 is 0 Å². The Hall–Kier alpha value is -1.06. The van der Waals surface area contributed by atoms with Gasteiger partial charge >= 0.3 is 0 Å². The molecular formula is C17H27NO2. The summed E-state index contributed by atoms with van der Waals surface area (Å²) in [5, 5.41) is 10.1.